The van der Waals surface area contributed by atoms with E-state index in [2.05, 4.69) is 47.8 Å². The minimum atomic E-state index is 0.697. The summed E-state index contributed by atoms with van der Waals surface area (Å²) in [4.78, 5) is 0. The monoisotopic (exact) mass is 241 g/mol. The van der Waals surface area contributed by atoms with E-state index in [1.807, 2.05) is 10.9 Å². The molecule has 0 saturated heterocycles. The highest BCUT2D eigenvalue weighted by Crippen LogP contribution is 2.33. The fourth-order valence-corrected chi connectivity index (χ4v) is 2.61. The third-order valence-corrected chi connectivity index (χ3v) is 3.69. The Kier molecular flexibility index (Phi) is 3.15. The molecule has 0 saturated carbocycles. The maximum atomic E-state index is 4.28. The van der Waals surface area contributed by atoms with Gasteiger partial charge in [-0.05, 0) is 24.5 Å². The van der Waals surface area contributed by atoms with Gasteiger partial charge >= 0.3 is 0 Å². The Bertz CT molecular complexity index is 530. The second-order valence-corrected chi connectivity index (χ2v) is 4.94. The number of nitrogens with zero attached hydrogens (tertiary/aromatic N) is 2. The Morgan fingerprint density at radius 1 is 1.39 bits per heavy atom. The molecule has 0 spiro atoms. The molecule has 1 atom stereocenters. The summed E-state index contributed by atoms with van der Waals surface area (Å²) < 4.78 is 1.97. The Balaban J connectivity index is 1.49. The number of benzene rings is 1. The first kappa shape index (κ1) is 11.5. The zero-order valence-electron chi connectivity index (χ0n) is 10.8. The predicted octanol–water partition coefficient (Wildman–Crippen LogP) is 2.33. The number of nitrogens with one attached hydrogen (secondary N) is 1. The van der Waals surface area contributed by atoms with E-state index in [0.717, 1.165) is 19.6 Å². The van der Waals surface area contributed by atoms with Crippen molar-refractivity contribution < 1.29 is 0 Å². The Labute approximate surface area is 108 Å². The quantitative estimate of drug-likeness (QED) is 0.870. The van der Waals surface area contributed by atoms with Gasteiger partial charge in [-0.1, -0.05) is 24.3 Å². The lowest BCUT2D eigenvalue weighted by atomic mass is 9.77. The van der Waals surface area contributed by atoms with E-state index >= 15 is 0 Å². The molecule has 1 unspecified atom stereocenters. The lowest BCUT2D eigenvalue weighted by Crippen LogP contribution is -2.28. The molecule has 0 aliphatic heterocycles. The second-order valence-electron chi connectivity index (χ2n) is 4.94. The molecule has 1 N–H and O–H groups in total. The van der Waals surface area contributed by atoms with Gasteiger partial charge in [-0.2, -0.15) is 5.10 Å². The van der Waals surface area contributed by atoms with Crippen molar-refractivity contribution in [2.45, 2.75) is 32.4 Å². The topological polar surface area (TPSA) is 29.9 Å². The second kappa shape index (κ2) is 4.94. The van der Waals surface area contributed by atoms with Gasteiger partial charge in [-0.25, -0.2) is 0 Å². The van der Waals surface area contributed by atoms with Gasteiger partial charge in [0.15, 0.2) is 0 Å². The maximum absolute atomic E-state index is 4.28. The number of hydrogen-bond acceptors (Lipinski definition) is 2. The standard InChI is InChI=1S/C15H19N3/c1-2-18-11-12(9-17-18)8-16-10-14-7-13-5-3-4-6-15(13)14/h3-6,9,11,14,16H,2,7-8,10H2,1H3. The third kappa shape index (κ3) is 2.18. The van der Waals surface area contributed by atoms with Gasteiger partial charge in [-0.15, -0.1) is 0 Å². The normalized spacial score (nSPS) is 17.3. The van der Waals surface area contributed by atoms with Crippen LogP contribution in [0.3, 0.4) is 0 Å². The largest absolute Gasteiger partial charge is 0.312 e. The van der Waals surface area contributed by atoms with Crippen molar-refractivity contribution in [3.63, 3.8) is 0 Å². The first-order chi connectivity index (χ1) is 8.86. The van der Waals surface area contributed by atoms with E-state index in [0.29, 0.717) is 5.92 Å². The van der Waals surface area contributed by atoms with E-state index in [1.54, 1.807) is 0 Å². The molecule has 1 heterocycles. The summed E-state index contributed by atoms with van der Waals surface area (Å²) in [6, 6.07) is 8.75. The maximum Gasteiger partial charge on any atom is 0.0534 e. The molecular formula is C15H19N3. The van der Waals surface area contributed by atoms with Crippen LogP contribution in [-0.2, 0) is 19.5 Å². The van der Waals surface area contributed by atoms with Gasteiger partial charge < -0.3 is 5.32 Å². The molecule has 18 heavy (non-hydrogen) atoms. The Morgan fingerprint density at radius 2 is 2.28 bits per heavy atom. The van der Waals surface area contributed by atoms with Crippen molar-refractivity contribution >= 4 is 0 Å². The van der Waals surface area contributed by atoms with Crippen molar-refractivity contribution in [3.05, 3.63) is 53.3 Å². The van der Waals surface area contributed by atoms with Crippen LogP contribution < -0.4 is 5.32 Å². The predicted molar refractivity (Wildman–Crippen MR) is 72.5 cm³/mol. The molecule has 1 aromatic carbocycles. The zero-order chi connectivity index (χ0) is 12.4. The summed E-state index contributed by atoms with van der Waals surface area (Å²) >= 11 is 0. The fraction of sp³-hybridized carbons (Fsp3) is 0.400. The van der Waals surface area contributed by atoms with Crippen LogP contribution in [0.25, 0.3) is 0 Å². The van der Waals surface area contributed by atoms with Crippen LogP contribution in [0.5, 0.6) is 0 Å². The lowest BCUT2D eigenvalue weighted by molar-refractivity contribution is 0.535. The molecule has 3 rings (SSSR count). The SMILES string of the molecule is CCn1cc(CNCC2Cc3ccccc32)cn1. The van der Waals surface area contributed by atoms with Gasteiger partial charge in [0.25, 0.3) is 0 Å². The first-order valence-electron chi connectivity index (χ1n) is 6.66. The zero-order valence-corrected chi connectivity index (χ0v) is 10.8. The highest BCUT2D eigenvalue weighted by molar-refractivity contribution is 5.40. The van der Waals surface area contributed by atoms with E-state index in [4.69, 9.17) is 0 Å². The molecule has 0 bridgehead atoms. The highest BCUT2D eigenvalue weighted by atomic mass is 15.3. The van der Waals surface area contributed by atoms with Crippen molar-refractivity contribution in [3.8, 4) is 0 Å². The number of aromatic nitrogens is 2. The minimum Gasteiger partial charge on any atom is -0.312 e. The van der Waals surface area contributed by atoms with E-state index in [9.17, 15) is 0 Å². The highest BCUT2D eigenvalue weighted by Gasteiger charge is 2.24. The molecule has 94 valence electrons. The van der Waals surface area contributed by atoms with E-state index in [-0.39, 0.29) is 0 Å². The molecule has 1 aliphatic carbocycles. The molecule has 0 fully saturated rings. The number of aryl methyl sites for hydroxylation is 1. The van der Waals surface area contributed by atoms with Crippen LogP contribution in [0, 0.1) is 0 Å². The summed E-state index contributed by atoms with van der Waals surface area (Å²) in [5, 5.41) is 7.81. The van der Waals surface area contributed by atoms with E-state index in [1.165, 1.54) is 23.1 Å². The number of fused-ring (bicyclic) bond motifs is 1. The number of hydrogen-bond donors (Lipinski definition) is 1. The van der Waals surface area contributed by atoms with E-state index < -0.39 is 0 Å². The number of rotatable bonds is 5. The summed E-state index contributed by atoms with van der Waals surface area (Å²) in [6.07, 6.45) is 5.28. The molecule has 0 radical (unpaired) electrons. The van der Waals surface area contributed by atoms with Crippen LogP contribution >= 0.6 is 0 Å². The van der Waals surface area contributed by atoms with Crippen molar-refractivity contribution in [2.24, 2.45) is 0 Å². The summed E-state index contributed by atoms with van der Waals surface area (Å²) in [7, 11) is 0. The van der Waals surface area contributed by atoms with Gasteiger partial charge in [0.05, 0.1) is 6.20 Å². The summed E-state index contributed by atoms with van der Waals surface area (Å²) in [5.74, 6) is 0.697. The average Bonchev–Trinajstić information content (AvgIpc) is 2.83. The van der Waals surface area contributed by atoms with Crippen molar-refractivity contribution in [1.82, 2.24) is 15.1 Å². The molecule has 1 aromatic heterocycles. The lowest BCUT2D eigenvalue weighted by Gasteiger charge is -2.30. The Morgan fingerprint density at radius 3 is 3.06 bits per heavy atom. The fourth-order valence-electron chi connectivity index (χ4n) is 2.61. The summed E-state index contributed by atoms with van der Waals surface area (Å²) in [5.41, 5.74) is 4.31. The van der Waals surface area contributed by atoms with Crippen LogP contribution in [0.4, 0.5) is 0 Å². The molecular weight excluding hydrogens is 222 g/mol. The molecule has 3 heteroatoms. The molecule has 2 aromatic rings. The molecule has 1 aliphatic rings. The van der Waals surface area contributed by atoms with Gasteiger partial charge in [0, 0.05) is 37.3 Å². The minimum absolute atomic E-state index is 0.697. The van der Waals surface area contributed by atoms with Gasteiger partial charge in [0.1, 0.15) is 0 Å². The smallest absolute Gasteiger partial charge is 0.0534 e. The average molecular weight is 241 g/mol. The Hall–Kier alpha value is -1.61. The first-order valence-corrected chi connectivity index (χ1v) is 6.66. The summed E-state index contributed by atoms with van der Waals surface area (Å²) in [6.45, 7) is 5.03. The van der Waals surface area contributed by atoms with Gasteiger partial charge in [-0.3, -0.25) is 4.68 Å². The third-order valence-electron chi connectivity index (χ3n) is 3.69. The van der Waals surface area contributed by atoms with Crippen LogP contribution in [-0.4, -0.2) is 16.3 Å². The van der Waals surface area contributed by atoms with Crippen LogP contribution in [0.2, 0.25) is 0 Å². The molecule has 0 amide bonds. The van der Waals surface area contributed by atoms with Crippen molar-refractivity contribution in [2.75, 3.05) is 6.54 Å². The van der Waals surface area contributed by atoms with Crippen LogP contribution in [0.1, 0.15) is 29.5 Å². The van der Waals surface area contributed by atoms with Crippen LogP contribution in [0.15, 0.2) is 36.7 Å². The van der Waals surface area contributed by atoms with Gasteiger partial charge in [0.2, 0.25) is 0 Å². The van der Waals surface area contributed by atoms with Crippen molar-refractivity contribution in [1.29, 1.82) is 0 Å². The molecule has 3 nitrogen and oxygen atoms in total.